The molecule has 1 nitrogen and oxygen atoms in total. The highest BCUT2D eigenvalue weighted by Crippen LogP contribution is 2.19. The van der Waals surface area contributed by atoms with Crippen LogP contribution in [0.4, 0.5) is 0 Å². The maximum atomic E-state index is 5.33. The monoisotopic (exact) mass is 185 g/mol. The lowest BCUT2D eigenvalue weighted by atomic mass is 10.1. The Kier molecular flexibility index (Phi) is 5.44. The Labute approximate surface area is 80.7 Å². The minimum Gasteiger partial charge on any atom is -0.302 e. The normalized spacial score (nSPS) is 13.9. The summed E-state index contributed by atoms with van der Waals surface area (Å²) in [5, 5.41) is 3.35. The lowest BCUT2D eigenvalue weighted by Crippen LogP contribution is -2.37. The second-order valence-corrected chi connectivity index (χ2v) is 4.99. The van der Waals surface area contributed by atoms with Gasteiger partial charge in [-0.1, -0.05) is 12.8 Å². The molecule has 0 aliphatic rings. The zero-order valence-electron chi connectivity index (χ0n) is 8.48. The molecule has 2 heteroatoms. The zero-order chi connectivity index (χ0) is 9.61. The molecule has 0 heterocycles. The van der Waals surface area contributed by atoms with Crippen LogP contribution in [-0.2, 0) is 0 Å². The molecule has 70 valence electrons. The Balaban J connectivity index is 3.75. The van der Waals surface area contributed by atoms with E-state index >= 15 is 0 Å². The van der Waals surface area contributed by atoms with Crippen LogP contribution in [0.3, 0.4) is 0 Å². The zero-order valence-corrected chi connectivity index (χ0v) is 9.29. The largest absolute Gasteiger partial charge is 0.302 e. The van der Waals surface area contributed by atoms with E-state index < -0.39 is 0 Å². The van der Waals surface area contributed by atoms with Gasteiger partial charge in [-0.15, -0.1) is 6.42 Å². The third kappa shape index (κ3) is 4.69. The van der Waals surface area contributed by atoms with E-state index in [1.54, 1.807) is 0 Å². The molecule has 0 saturated heterocycles. The summed E-state index contributed by atoms with van der Waals surface area (Å²) in [5.41, 5.74) is 0. The Bertz CT molecular complexity index is 158. The summed E-state index contributed by atoms with van der Waals surface area (Å²) in [6.45, 7) is 7.50. The minimum atomic E-state index is 0.233. The van der Waals surface area contributed by atoms with E-state index in [0.29, 0.717) is 0 Å². The van der Waals surface area contributed by atoms with E-state index in [1.165, 1.54) is 0 Å². The van der Waals surface area contributed by atoms with Gasteiger partial charge in [0.2, 0.25) is 0 Å². The first-order valence-electron chi connectivity index (χ1n) is 4.30. The smallest absolute Gasteiger partial charge is 0.0684 e. The molecule has 0 amide bonds. The average molecular weight is 185 g/mol. The van der Waals surface area contributed by atoms with Crippen molar-refractivity contribution in [2.45, 2.75) is 38.0 Å². The predicted octanol–water partition coefficient (Wildman–Crippen LogP) is 2.13. The van der Waals surface area contributed by atoms with Crippen LogP contribution in [0.25, 0.3) is 0 Å². The van der Waals surface area contributed by atoms with E-state index in [1.807, 2.05) is 11.8 Å². The maximum Gasteiger partial charge on any atom is 0.0684 e. The highest BCUT2D eigenvalue weighted by Gasteiger charge is 2.16. The van der Waals surface area contributed by atoms with Crippen LogP contribution in [0.5, 0.6) is 0 Å². The van der Waals surface area contributed by atoms with Crippen LogP contribution in [-0.4, -0.2) is 23.6 Å². The molecule has 0 rings (SSSR count). The first kappa shape index (κ1) is 11.9. The van der Waals surface area contributed by atoms with Crippen LogP contribution in [0.15, 0.2) is 0 Å². The first-order chi connectivity index (χ1) is 5.55. The molecule has 0 aliphatic heterocycles. The molecule has 1 atom stereocenters. The van der Waals surface area contributed by atoms with Gasteiger partial charge in [-0.2, -0.15) is 11.8 Å². The molecule has 0 saturated carbocycles. The highest BCUT2D eigenvalue weighted by molar-refractivity contribution is 7.99. The van der Waals surface area contributed by atoms with Gasteiger partial charge >= 0.3 is 0 Å². The summed E-state index contributed by atoms with van der Waals surface area (Å²) in [7, 11) is 0. The molecule has 0 aliphatic carbocycles. The van der Waals surface area contributed by atoms with E-state index in [-0.39, 0.29) is 10.8 Å². The van der Waals surface area contributed by atoms with E-state index in [2.05, 4.69) is 38.3 Å². The molecule has 12 heavy (non-hydrogen) atoms. The molecule has 0 fully saturated rings. The number of thioether (sulfide) groups is 1. The second-order valence-electron chi connectivity index (χ2n) is 3.47. The molecule has 1 N–H and O–H groups in total. The van der Waals surface area contributed by atoms with Gasteiger partial charge in [0, 0.05) is 11.3 Å². The van der Waals surface area contributed by atoms with Gasteiger partial charge in [0.05, 0.1) is 6.04 Å². The van der Waals surface area contributed by atoms with Gasteiger partial charge in [0.25, 0.3) is 0 Å². The Morgan fingerprint density at radius 3 is 2.50 bits per heavy atom. The summed E-state index contributed by atoms with van der Waals surface area (Å²) in [6.07, 6.45) is 8.46. The van der Waals surface area contributed by atoms with Crippen molar-refractivity contribution in [2.75, 3.05) is 12.8 Å². The third-order valence-electron chi connectivity index (χ3n) is 1.94. The topological polar surface area (TPSA) is 12.0 Å². The standard InChI is InChI=1S/C10H19NS/c1-6-9(7-2)11-8-10(3,4)12-5/h1,9,11H,7-8H2,2-5H3. The quantitative estimate of drug-likeness (QED) is 0.659. The van der Waals surface area contributed by atoms with Crippen LogP contribution in [0.2, 0.25) is 0 Å². The first-order valence-corrected chi connectivity index (χ1v) is 5.53. The van der Waals surface area contributed by atoms with Gasteiger partial charge in [0.15, 0.2) is 0 Å². The summed E-state index contributed by atoms with van der Waals surface area (Å²) < 4.78 is 0.282. The number of terminal acetylenes is 1. The Morgan fingerprint density at radius 2 is 2.17 bits per heavy atom. The summed E-state index contributed by atoms with van der Waals surface area (Å²) in [6, 6.07) is 0.233. The van der Waals surface area contributed by atoms with E-state index in [4.69, 9.17) is 6.42 Å². The van der Waals surface area contributed by atoms with Crippen molar-refractivity contribution >= 4 is 11.8 Å². The Morgan fingerprint density at radius 1 is 1.58 bits per heavy atom. The number of hydrogen-bond donors (Lipinski definition) is 1. The Hall–Kier alpha value is -0.130. The number of nitrogens with one attached hydrogen (secondary N) is 1. The molecule has 0 aromatic rings. The lowest BCUT2D eigenvalue weighted by molar-refractivity contribution is 0.537. The van der Waals surface area contributed by atoms with Crippen LogP contribution >= 0.6 is 11.8 Å². The molecule has 1 unspecified atom stereocenters. The van der Waals surface area contributed by atoms with Crippen molar-refractivity contribution in [3.63, 3.8) is 0 Å². The molecular weight excluding hydrogens is 166 g/mol. The number of hydrogen-bond acceptors (Lipinski definition) is 2. The van der Waals surface area contributed by atoms with Crippen molar-refractivity contribution < 1.29 is 0 Å². The van der Waals surface area contributed by atoms with Crippen LogP contribution in [0.1, 0.15) is 27.2 Å². The fourth-order valence-corrected chi connectivity index (χ4v) is 0.990. The van der Waals surface area contributed by atoms with Gasteiger partial charge < -0.3 is 5.32 Å². The van der Waals surface area contributed by atoms with E-state index in [9.17, 15) is 0 Å². The highest BCUT2D eigenvalue weighted by atomic mass is 32.2. The van der Waals surface area contributed by atoms with Gasteiger partial charge in [-0.05, 0) is 26.5 Å². The molecule has 0 spiro atoms. The molecule has 0 radical (unpaired) electrons. The molecule has 0 aromatic heterocycles. The van der Waals surface area contributed by atoms with Gasteiger partial charge in [0.1, 0.15) is 0 Å². The van der Waals surface area contributed by atoms with Crippen molar-refractivity contribution in [1.29, 1.82) is 0 Å². The van der Waals surface area contributed by atoms with Crippen LogP contribution in [0, 0.1) is 12.3 Å². The van der Waals surface area contributed by atoms with Gasteiger partial charge in [-0.3, -0.25) is 0 Å². The lowest BCUT2D eigenvalue weighted by Gasteiger charge is -2.24. The SMILES string of the molecule is C#CC(CC)NCC(C)(C)SC. The van der Waals surface area contributed by atoms with Crippen molar-refractivity contribution in [3.8, 4) is 12.3 Å². The minimum absolute atomic E-state index is 0.233. The third-order valence-corrected chi connectivity index (χ3v) is 3.19. The maximum absolute atomic E-state index is 5.33. The van der Waals surface area contributed by atoms with E-state index in [0.717, 1.165) is 13.0 Å². The van der Waals surface area contributed by atoms with Crippen LogP contribution < -0.4 is 5.32 Å². The second kappa shape index (κ2) is 5.50. The fourth-order valence-electron chi connectivity index (χ4n) is 0.762. The van der Waals surface area contributed by atoms with Crippen molar-refractivity contribution in [1.82, 2.24) is 5.32 Å². The summed E-state index contributed by atoms with van der Waals surface area (Å²) in [4.78, 5) is 0. The van der Waals surface area contributed by atoms with Gasteiger partial charge in [-0.25, -0.2) is 0 Å². The molecule has 0 bridgehead atoms. The number of rotatable bonds is 5. The summed E-state index contributed by atoms with van der Waals surface area (Å²) in [5.74, 6) is 2.73. The fraction of sp³-hybridized carbons (Fsp3) is 0.800. The average Bonchev–Trinajstić information content (AvgIpc) is 2.06. The van der Waals surface area contributed by atoms with Crippen molar-refractivity contribution in [2.24, 2.45) is 0 Å². The summed E-state index contributed by atoms with van der Waals surface area (Å²) >= 11 is 1.86. The van der Waals surface area contributed by atoms with Crippen molar-refractivity contribution in [3.05, 3.63) is 0 Å². The molecular formula is C10H19NS. The predicted molar refractivity (Wildman–Crippen MR) is 58.5 cm³/mol. The molecule has 0 aromatic carbocycles.